The van der Waals surface area contributed by atoms with Gasteiger partial charge >= 0.3 is 0 Å². The highest BCUT2D eigenvalue weighted by atomic mass is 79.9. The Morgan fingerprint density at radius 1 is 1.43 bits per heavy atom. The summed E-state index contributed by atoms with van der Waals surface area (Å²) >= 11 is 3.22. The van der Waals surface area contributed by atoms with Crippen molar-refractivity contribution >= 4 is 21.8 Å². The molecular weight excluding hydrogens is 242 g/mol. The van der Waals surface area contributed by atoms with Crippen molar-refractivity contribution < 1.29 is 4.79 Å². The topological polar surface area (TPSA) is 29.1 Å². The summed E-state index contributed by atoms with van der Waals surface area (Å²) in [7, 11) is 1.61. The Labute approximate surface area is 91.8 Å². The fraction of sp³-hybridized carbons (Fsp3) is 0.182. The molecular formula is C11H10BrNO. The van der Waals surface area contributed by atoms with E-state index in [1.54, 1.807) is 19.2 Å². The monoisotopic (exact) mass is 251 g/mol. The van der Waals surface area contributed by atoms with Crippen molar-refractivity contribution in [3.05, 3.63) is 35.4 Å². The van der Waals surface area contributed by atoms with Crippen LogP contribution in [0.25, 0.3) is 0 Å². The third-order valence-corrected chi connectivity index (χ3v) is 1.95. The zero-order chi connectivity index (χ0) is 10.4. The summed E-state index contributed by atoms with van der Waals surface area (Å²) in [5.41, 5.74) is 1.56. The summed E-state index contributed by atoms with van der Waals surface area (Å²) in [6, 6.07) is 7.19. The smallest absolute Gasteiger partial charge is 0.251 e. The lowest BCUT2D eigenvalue weighted by Crippen LogP contribution is -2.17. The minimum atomic E-state index is -0.0787. The van der Waals surface area contributed by atoms with Gasteiger partial charge < -0.3 is 5.32 Å². The van der Waals surface area contributed by atoms with Gasteiger partial charge in [-0.25, -0.2) is 0 Å². The summed E-state index contributed by atoms with van der Waals surface area (Å²) in [5.74, 6) is 5.76. The van der Waals surface area contributed by atoms with E-state index in [0.29, 0.717) is 10.9 Å². The average molecular weight is 252 g/mol. The van der Waals surface area contributed by atoms with E-state index >= 15 is 0 Å². The molecule has 1 N–H and O–H groups in total. The average Bonchev–Trinajstić information content (AvgIpc) is 2.26. The van der Waals surface area contributed by atoms with E-state index in [0.717, 1.165) is 5.56 Å². The molecule has 0 radical (unpaired) electrons. The van der Waals surface area contributed by atoms with Crippen molar-refractivity contribution in [1.82, 2.24) is 5.32 Å². The molecule has 72 valence electrons. The van der Waals surface area contributed by atoms with E-state index in [2.05, 4.69) is 33.1 Å². The molecule has 0 aliphatic heterocycles. The van der Waals surface area contributed by atoms with E-state index in [-0.39, 0.29) is 5.91 Å². The quantitative estimate of drug-likeness (QED) is 0.599. The molecule has 0 saturated heterocycles. The van der Waals surface area contributed by atoms with Gasteiger partial charge in [0.05, 0.1) is 5.33 Å². The van der Waals surface area contributed by atoms with Crippen LogP contribution in [-0.2, 0) is 0 Å². The van der Waals surface area contributed by atoms with Crippen LogP contribution in [0.3, 0.4) is 0 Å². The lowest BCUT2D eigenvalue weighted by molar-refractivity contribution is 0.0963. The largest absolute Gasteiger partial charge is 0.355 e. The van der Waals surface area contributed by atoms with Gasteiger partial charge in [-0.2, -0.15) is 0 Å². The Hall–Kier alpha value is -1.27. The van der Waals surface area contributed by atoms with Crippen molar-refractivity contribution in [2.24, 2.45) is 0 Å². The highest BCUT2D eigenvalue weighted by Gasteiger charge is 2.00. The van der Waals surface area contributed by atoms with Crippen molar-refractivity contribution in [1.29, 1.82) is 0 Å². The SMILES string of the molecule is CNC(=O)c1ccc(C#CCBr)cc1. The minimum absolute atomic E-state index is 0.0787. The van der Waals surface area contributed by atoms with Crippen molar-refractivity contribution in [2.45, 2.75) is 0 Å². The van der Waals surface area contributed by atoms with Gasteiger partial charge in [0.2, 0.25) is 0 Å². The second-order valence-corrected chi connectivity index (χ2v) is 3.15. The number of hydrogen-bond acceptors (Lipinski definition) is 1. The summed E-state index contributed by atoms with van der Waals surface area (Å²) in [4.78, 5) is 11.2. The number of alkyl halides is 1. The molecule has 0 fully saturated rings. The minimum Gasteiger partial charge on any atom is -0.355 e. The zero-order valence-electron chi connectivity index (χ0n) is 7.80. The molecule has 3 heteroatoms. The molecule has 1 amide bonds. The number of benzene rings is 1. The molecule has 2 nitrogen and oxygen atoms in total. The second kappa shape index (κ2) is 5.46. The van der Waals surface area contributed by atoms with Crippen LogP contribution in [0.2, 0.25) is 0 Å². The third-order valence-electron chi connectivity index (χ3n) is 1.67. The summed E-state index contributed by atoms with van der Waals surface area (Å²) in [5, 5.41) is 3.22. The Balaban J connectivity index is 2.83. The first-order chi connectivity index (χ1) is 6.77. The van der Waals surface area contributed by atoms with Crippen LogP contribution in [0, 0.1) is 11.8 Å². The van der Waals surface area contributed by atoms with Crippen LogP contribution >= 0.6 is 15.9 Å². The number of rotatable bonds is 1. The highest BCUT2D eigenvalue weighted by Crippen LogP contribution is 2.02. The van der Waals surface area contributed by atoms with Gasteiger partial charge in [0.25, 0.3) is 5.91 Å². The van der Waals surface area contributed by atoms with Gasteiger partial charge in [-0.3, -0.25) is 4.79 Å². The molecule has 0 bridgehead atoms. The molecule has 0 atom stereocenters. The first kappa shape index (κ1) is 10.8. The molecule has 0 spiro atoms. The van der Waals surface area contributed by atoms with E-state index in [1.807, 2.05) is 12.1 Å². The third kappa shape index (κ3) is 2.90. The van der Waals surface area contributed by atoms with E-state index in [1.165, 1.54) is 0 Å². The number of carbonyl (C=O) groups is 1. The summed E-state index contributed by atoms with van der Waals surface area (Å²) in [6.07, 6.45) is 0. The highest BCUT2D eigenvalue weighted by molar-refractivity contribution is 9.09. The number of halogens is 1. The Morgan fingerprint density at radius 3 is 2.57 bits per heavy atom. The van der Waals surface area contributed by atoms with Crippen LogP contribution < -0.4 is 5.32 Å². The lowest BCUT2D eigenvalue weighted by Gasteiger charge is -1.98. The number of carbonyl (C=O) groups excluding carboxylic acids is 1. The fourth-order valence-corrected chi connectivity index (χ4v) is 1.12. The van der Waals surface area contributed by atoms with Crippen LogP contribution in [0.4, 0.5) is 0 Å². The van der Waals surface area contributed by atoms with Crippen LogP contribution in [0.5, 0.6) is 0 Å². The van der Waals surface area contributed by atoms with Gasteiger partial charge in [-0.1, -0.05) is 27.8 Å². The maximum absolute atomic E-state index is 11.2. The lowest BCUT2D eigenvalue weighted by atomic mass is 10.1. The maximum Gasteiger partial charge on any atom is 0.251 e. The zero-order valence-corrected chi connectivity index (χ0v) is 9.39. The molecule has 1 rings (SSSR count). The van der Waals surface area contributed by atoms with E-state index in [4.69, 9.17) is 0 Å². The number of hydrogen-bond donors (Lipinski definition) is 1. The molecule has 0 aromatic heterocycles. The molecule has 0 heterocycles. The molecule has 1 aromatic carbocycles. The van der Waals surface area contributed by atoms with Gasteiger partial charge in [0.1, 0.15) is 0 Å². The van der Waals surface area contributed by atoms with Gasteiger partial charge in [0, 0.05) is 18.2 Å². The van der Waals surface area contributed by atoms with Gasteiger partial charge in [-0.15, -0.1) is 0 Å². The van der Waals surface area contributed by atoms with Crippen LogP contribution in [-0.4, -0.2) is 18.3 Å². The summed E-state index contributed by atoms with van der Waals surface area (Å²) in [6.45, 7) is 0. The molecule has 0 aliphatic carbocycles. The first-order valence-electron chi connectivity index (χ1n) is 4.15. The normalized spacial score (nSPS) is 8.71. The summed E-state index contributed by atoms with van der Waals surface area (Å²) < 4.78 is 0. The Morgan fingerprint density at radius 2 is 2.07 bits per heavy atom. The first-order valence-corrected chi connectivity index (χ1v) is 5.27. The number of nitrogens with one attached hydrogen (secondary N) is 1. The Kier molecular flexibility index (Phi) is 4.21. The number of amides is 1. The predicted octanol–water partition coefficient (Wildman–Crippen LogP) is 1.79. The van der Waals surface area contributed by atoms with Crippen LogP contribution in [0.15, 0.2) is 24.3 Å². The van der Waals surface area contributed by atoms with E-state index < -0.39 is 0 Å². The molecule has 0 aliphatic rings. The molecule has 0 unspecified atom stereocenters. The van der Waals surface area contributed by atoms with Crippen molar-refractivity contribution in [3.63, 3.8) is 0 Å². The molecule has 1 aromatic rings. The van der Waals surface area contributed by atoms with Crippen molar-refractivity contribution in [3.8, 4) is 11.8 Å². The van der Waals surface area contributed by atoms with Crippen molar-refractivity contribution in [2.75, 3.05) is 12.4 Å². The second-order valence-electron chi connectivity index (χ2n) is 2.59. The van der Waals surface area contributed by atoms with Crippen LogP contribution in [0.1, 0.15) is 15.9 Å². The Bertz CT molecular complexity index is 373. The standard InChI is InChI=1S/C11H10BrNO/c1-13-11(14)10-6-4-9(5-7-10)3-2-8-12/h4-7H,8H2,1H3,(H,13,14). The predicted molar refractivity (Wildman–Crippen MR) is 60.5 cm³/mol. The van der Waals surface area contributed by atoms with Gasteiger partial charge in [0.15, 0.2) is 0 Å². The van der Waals surface area contributed by atoms with E-state index in [9.17, 15) is 4.79 Å². The molecule has 14 heavy (non-hydrogen) atoms. The fourth-order valence-electron chi connectivity index (χ4n) is 0.985. The van der Waals surface area contributed by atoms with Gasteiger partial charge in [-0.05, 0) is 24.3 Å². The maximum atomic E-state index is 11.2. The molecule has 0 saturated carbocycles.